The van der Waals surface area contributed by atoms with Gasteiger partial charge in [0.05, 0.1) is 12.2 Å². The fourth-order valence-corrected chi connectivity index (χ4v) is 8.42. The number of aromatic nitrogens is 6. The number of thiophene rings is 1. The molecule has 3 atom stereocenters. The van der Waals surface area contributed by atoms with Crippen LogP contribution in [0.5, 0.6) is 0 Å². The molecule has 0 aromatic carbocycles. The number of aromatic amines is 1. The predicted octanol–water partition coefficient (Wildman–Crippen LogP) is 6.06. The molecule has 6 heterocycles. The van der Waals surface area contributed by atoms with Crippen LogP contribution >= 0.6 is 11.3 Å². The van der Waals surface area contributed by atoms with Gasteiger partial charge in [-0.3, -0.25) is 4.90 Å². The highest BCUT2D eigenvalue weighted by atomic mass is 32.1. The second kappa shape index (κ2) is 8.23. The summed E-state index contributed by atoms with van der Waals surface area (Å²) in [7, 11) is 0. The summed E-state index contributed by atoms with van der Waals surface area (Å²) < 4.78 is 7.56. The molecule has 1 aliphatic carbocycles. The van der Waals surface area contributed by atoms with Crippen LogP contribution in [0.4, 0.5) is 0 Å². The van der Waals surface area contributed by atoms with Gasteiger partial charge in [-0.05, 0) is 73.6 Å². The average molecular weight is 516 g/mol. The Hall–Kier alpha value is -3.04. The maximum atomic E-state index is 5.66. The van der Waals surface area contributed by atoms with Gasteiger partial charge in [0.2, 0.25) is 11.8 Å². The standard InChI is InChI=1S/C28H33N7OS/c1-13(2)23-24-16(5)26(20-8-19-7-18(20)9-34(19)11-22-33-32-17(6)36-22)37-28(24)31-25(23)21-10-35-27(29-12-30-35)15(4)14(21)3/h10,12-13,18-20,31H,7-9,11H2,1-6H3/t18-,19-,20+/m0/s1. The number of rotatable bonds is 5. The van der Waals surface area contributed by atoms with E-state index in [1.54, 1.807) is 11.2 Å². The molecule has 5 aromatic heterocycles. The summed E-state index contributed by atoms with van der Waals surface area (Å²) in [6.07, 6.45) is 6.25. The molecule has 0 unspecified atom stereocenters. The molecule has 1 N–H and O–H groups in total. The molecule has 2 bridgehead atoms. The van der Waals surface area contributed by atoms with Crippen molar-refractivity contribution in [3.63, 3.8) is 0 Å². The molecule has 192 valence electrons. The van der Waals surface area contributed by atoms with Gasteiger partial charge >= 0.3 is 0 Å². The fourth-order valence-electron chi connectivity index (χ4n) is 6.98. The van der Waals surface area contributed by atoms with Crippen molar-refractivity contribution in [3.8, 4) is 11.3 Å². The highest BCUT2D eigenvalue weighted by Gasteiger charge is 2.46. The monoisotopic (exact) mass is 515 g/mol. The van der Waals surface area contributed by atoms with Gasteiger partial charge in [0.25, 0.3) is 0 Å². The first kappa shape index (κ1) is 23.1. The molecule has 2 aliphatic rings. The first-order chi connectivity index (χ1) is 17.8. The Bertz CT molecular complexity index is 1650. The van der Waals surface area contributed by atoms with Gasteiger partial charge in [-0.1, -0.05) is 13.8 Å². The van der Waals surface area contributed by atoms with Crippen molar-refractivity contribution >= 4 is 27.2 Å². The molecule has 1 aliphatic heterocycles. The van der Waals surface area contributed by atoms with E-state index in [2.05, 4.69) is 71.0 Å². The van der Waals surface area contributed by atoms with Gasteiger partial charge < -0.3 is 9.40 Å². The second-order valence-electron chi connectivity index (χ2n) is 11.3. The Morgan fingerprint density at radius 3 is 2.65 bits per heavy atom. The Balaban J connectivity index is 1.24. The zero-order valence-electron chi connectivity index (χ0n) is 22.3. The van der Waals surface area contributed by atoms with E-state index in [0.29, 0.717) is 29.7 Å². The molecule has 8 nitrogen and oxygen atoms in total. The van der Waals surface area contributed by atoms with Crippen LogP contribution in [0.1, 0.15) is 77.4 Å². The number of nitrogens with zero attached hydrogens (tertiary/aromatic N) is 6. The van der Waals surface area contributed by atoms with Crippen LogP contribution in [-0.2, 0) is 6.54 Å². The lowest BCUT2D eigenvalue weighted by molar-refractivity contribution is 0.175. The molecule has 9 heteroatoms. The molecule has 7 rings (SSSR count). The Kier molecular flexibility index (Phi) is 5.14. The summed E-state index contributed by atoms with van der Waals surface area (Å²) in [5.41, 5.74) is 8.72. The Morgan fingerprint density at radius 2 is 1.95 bits per heavy atom. The van der Waals surface area contributed by atoms with Crippen molar-refractivity contribution in [2.75, 3.05) is 6.54 Å². The van der Waals surface area contributed by atoms with Gasteiger partial charge in [-0.2, -0.15) is 5.10 Å². The highest BCUT2D eigenvalue weighted by Crippen LogP contribution is 2.53. The van der Waals surface area contributed by atoms with Gasteiger partial charge in [0.15, 0.2) is 5.65 Å². The molecule has 1 saturated carbocycles. The van der Waals surface area contributed by atoms with E-state index in [1.165, 1.54) is 56.6 Å². The molecule has 5 aromatic rings. The van der Waals surface area contributed by atoms with Crippen LogP contribution in [0.25, 0.3) is 27.1 Å². The van der Waals surface area contributed by atoms with Crippen LogP contribution in [0.2, 0.25) is 0 Å². The van der Waals surface area contributed by atoms with E-state index < -0.39 is 0 Å². The van der Waals surface area contributed by atoms with Gasteiger partial charge in [0, 0.05) is 41.5 Å². The van der Waals surface area contributed by atoms with Crippen molar-refractivity contribution in [3.05, 3.63) is 51.4 Å². The van der Waals surface area contributed by atoms with Crippen LogP contribution in [0, 0.1) is 33.6 Å². The zero-order chi connectivity index (χ0) is 25.6. The molecular weight excluding hydrogens is 482 g/mol. The molecular formula is C28H33N7OS. The molecule has 0 radical (unpaired) electrons. The van der Waals surface area contributed by atoms with Crippen molar-refractivity contribution in [1.82, 2.24) is 34.7 Å². The summed E-state index contributed by atoms with van der Waals surface area (Å²) in [4.78, 5) is 13.8. The van der Waals surface area contributed by atoms with Crippen LogP contribution in [0.15, 0.2) is 16.9 Å². The van der Waals surface area contributed by atoms with E-state index in [1.807, 2.05) is 22.8 Å². The predicted molar refractivity (Wildman–Crippen MR) is 145 cm³/mol. The van der Waals surface area contributed by atoms with E-state index in [-0.39, 0.29) is 0 Å². The van der Waals surface area contributed by atoms with Crippen LogP contribution in [0.3, 0.4) is 0 Å². The number of nitrogens with one attached hydrogen (secondary N) is 1. The number of pyridine rings is 1. The minimum Gasteiger partial charge on any atom is -0.424 e. The molecule has 1 saturated heterocycles. The second-order valence-corrected chi connectivity index (χ2v) is 12.4. The third-order valence-electron chi connectivity index (χ3n) is 8.83. The van der Waals surface area contributed by atoms with Crippen molar-refractivity contribution in [1.29, 1.82) is 0 Å². The number of hydrogen-bond donors (Lipinski definition) is 1. The number of piperidine rings is 1. The summed E-state index contributed by atoms with van der Waals surface area (Å²) in [6, 6.07) is 0.599. The Labute approximate surface area is 220 Å². The quantitative estimate of drug-likeness (QED) is 0.306. The minimum absolute atomic E-state index is 0.407. The molecule has 0 spiro atoms. The summed E-state index contributed by atoms with van der Waals surface area (Å²) in [5.74, 6) is 3.12. The lowest BCUT2D eigenvalue weighted by atomic mass is 9.88. The number of likely N-dealkylation sites (tertiary alicyclic amines) is 1. The van der Waals surface area contributed by atoms with Gasteiger partial charge in [0.1, 0.15) is 11.2 Å². The first-order valence-corrected chi connectivity index (χ1v) is 14.1. The molecule has 0 amide bonds. The lowest BCUT2D eigenvalue weighted by Crippen LogP contribution is -2.34. The number of H-pyrrole nitrogens is 1. The van der Waals surface area contributed by atoms with Crippen LogP contribution < -0.4 is 0 Å². The molecule has 2 fully saturated rings. The smallest absolute Gasteiger partial charge is 0.230 e. The van der Waals surface area contributed by atoms with Crippen molar-refractivity contribution in [2.45, 2.75) is 78.8 Å². The number of aryl methyl sites for hydroxylation is 3. The topological polar surface area (TPSA) is 88.1 Å². The summed E-state index contributed by atoms with van der Waals surface area (Å²) >= 11 is 1.98. The third kappa shape index (κ3) is 3.43. The van der Waals surface area contributed by atoms with E-state index >= 15 is 0 Å². The van der Waals surface area contributed by atoms with Gasteiger partial charge in [-0.25, -0.2) is 9.50 Å². The van der Waals surface area contributed by atoms with E-state index in [9.17, 15) is 0 Å². The van der Waals surface area contributed by atoms with Crippen LogP contribution in [-0.4, -0.2) is 47.3 Å². The fraction of sp³-hybridized carbons (Fsp3) is 0.500. The minimum atomic E-state index is 0.407. The Morgan fingerprint density at radius 1 is 1.11 bits per heavy atom. The number of fused-ring (bicyclic) bond motifs is 4. The average Bonchev–Trinajstić information content (AvgIpc) is 3.68. The lowest BCUT2D eigenvalue weighted by Gasteiger charge is -2.30. The maximum absolute atomic E-state index is 5.66. The van der Waals surface area contributed by atoms with E-state index in [4.69, 9.17) is 4.42 Å². The molecule has 37 heavy (non-hydrogen) atoms. The van der Waals surface area contributed by atoms with Gasteiger partial charge in [-0.15, -0.1) is 21.5 Å². The number of hydrogen-bond acceptors (Lipinski definition) is 7. The van der Waals surface area contributed by atoms with Crippen molar-refractivity contribution in [2.24, 2.45) is 5.92 Å². The highest BCUT2D eigenvalue weighted by molar-refractivity contribution is 7.19. The first-order valence-electron chi connectivity index (χ1n) is 13.3. The largest absolute Gasteiger partial charge is 0.424 e. The van der Waals surface area contributed by atoms with Crippen molar-refractivity contribution < 1.29 is 4.42 Å². The third-order valence-corrected chi connectivity index (χ3v) is 10.2. The normalized spacial score (nSPS) is 22.0. The summed E-state index contributed by atoms with van der Waals surface area (Å²) in [5, 5.41) is 14.1. The summed E-state index contributed by atoms with van der Waals surface area (Å²) in [6.45, 7) is 15.1. The van der Waals surface area contributed by atoms with E-state index in [0.717, 1.165) is 24.6 Å². The maximum Gasteiger partial charge on any atom is 0.230 e. The SMILES string of the molecule is Cc1nnc(CN2C[C@@H]3C[C@H]2C[C@H]3c2sc3[nH]c(-c4cn5ncnc5c(C)c4C)c(C(C)C)c3c2C)o1. The zero-order valence-corrected chi connectivity index (χ0v) is 23.1.